The fraction of sp³-hybridized carbons (Fsp3) is 0.273. The van der Waals surface area contributed by atoms with Crippen molar-refractivity contribution in [3.05, 3.63) is 63.8 Å². The maximum absolute atomic E-state index is 13.5. The van der Waals surface area contributed by atoms with Gasteiger partial charge in [0.25, 0.3) is 11.8 Å². The summed E-state index contributed by atoms with van der Waals surface area (Å²) in [6.45, 7) is 2.92. The molecule has 0 unspecified atom stereocenters. The molecule has 6 nitrogen and oxygen atoms in total. The predicted molar refractivity (Wildman–Crippen MR) is 118 cm³/mol. The molecule has 2 aromatic carbocycles. The first-order valence-electron chi connectivity index (χ1n) is 9.57. The molecular formula is C22H21Cl2N3O3. The smallest absolute Gasteiger partial charge is 0.282 e. The van der Waals surface area contributed by atoms with Gasteiger partial charge in [0.15, 0.2) is 0 Å². The molecule has 0 saturated carbocycles. The zero-order valence-electron chi connectivity index (χ0n) is 16.7. The molecule has 0 bridgehead atoms. The Labute approximate surface area is 185 Å². The van der Waals surface area contributed by atoms with Crippen molar-refractivity contribution < 1.29 is 14.3 Å². The van der Waals surface area contributed by atoms with Crippen molar-refractivity contribution in [2.24, 2.45) is 0 Å². The first-order valence-corrected chi connectivity index (χ1v) is 10.3. The minimum atomic E-state index is -0.414. The third-order valence-electron chi connectivity index (χ3n) is 5.43. The van der Waals surface area contributed by atoms with E-state index in [4.69, 9.17) is 27.9 Å². The molecule has 2 amide bonds. The zero-order chi connectivity index (χ0) is 21.4. The van der Waals surface area contributed by atoms with Gasteiger partial charge >= 0.3 is 0 Å². The average molecular weight is 446 g/mol. The zero-order valence-corrected chi connectivity index (χ0v) is 18.2. The molecule has 0 spiro atoms. The van der Waals surface area contributed by atoms with Crippen LogP contribution in [-0.4, -0.2) is 62.0 Å². The lowest BCUT2D eigenvalue weighted by molar-refractivity contribution is -0.120. The summed E-state index contributed by atoms with van der Waals surface area (Å²) in [4.78, 5) is 32.4. The lowest BCUT2D eigenvalue weighted by Gasteiger charge is -2.34. The normalized spacial score (nSPS) is 17.9. The molecule has 0 aromatic heterocycles. The Kier molecular flexibility index (Phi) is 5.73. The van der Waals surface area contributed by atoms with E-state index in [0.29, 0.717) is 35.7 Å². The number of halogens is 2. The summed E-state index contributed by atoms with van der Waals surface area (Å²) in [5, 5.41) is 0.461. The van der Waals surface area contributed by atoms with Crippen LogP contribution in [0.4, 0.5) is 5.69 Å². The fourth-order valence-electron chi connectivity index (χ4n) is 3.74. The van der Waals surface area contributed by atoms with Crippen LogP contribution in [0.25, 0.3) is 5.57 Å². The summed E-state index contributed by atoms with van der Waals surface area (Å²) in [6, 6.07) is 12.1. The molecule has 0 atom stereocenters. The number of piperazine rings is 1. The summed E-state index contributed by atoms with van der Waals surface area (Å²) >= 11 is 12.5. The molecular weight excluding hydrogens is 425 g/mol. The van der Waals surface area contributed by atoms with Gasteiger partial charge in [-0.2, -0.15) is 0 Å². The van der Waals surface area contributed by atoms with Gasteiger partial charge < -0.3 is 14.5 Å². The summed E-state index contributed by atoms with van der Waals surface area (Å²) in [6.07, 6.45) is 0. The van der Waals surface area contributed by atoms with E-state index < -0.39 is 5.91 Å². The largest absolute Gasteiger partial charge is 0.497 e. The van der Waals surface area contributed by atoms with Crippen LogP contribution in [0.3, 0.4) is 0 Å². The van der Waals surface area contributed by atoms with Gasteiger partial charge in [-0.3, -0.25) is 9.59 Å². The minimum absolute atomic E-state index is 0.176. The van der Waals surface area contributed by atoms with Gasteiger partial charge in [0.1, 0.15) is 11.4 Å². The lowest BCUT2D eigenvalue weighted by atomic mass is 10.0. The Bertz CT molecular complexity index is 1030. The van der Waals surface area contributed by atoms with E-state index in [9.17, 15) is 9.59 Å². The Balaban J connectivity index is 1.82. The van der Waals surface area contributed by atoms with Crippen molar-refractivity contribution >= 4 is 46.3 Å². The molecule has 2 aliphatic heterocycles. The third-order valence-corrected chi connectivity index (χ3v) is 6.24. The van der Waals surface area contributed by atoms with Crippen LogP contribution in [-0.2, 0) is 9.59 Å². The van der Waals surface area contributed by atoms with Crippen molar-refractivity contribution in [1.82, 2.24) is 9.80 Å². The van der Waals surface area contributed by atoms with Crippen molar-refractivity contribution in [2.75, 3.05) is 45.2 Å². The number of amides is 2. The SMILES string of the molecule is COc1ccc(C2=C(N3CCN(C)CC3)C(=O)N(c3cccc(Cl)c3Cl)C2=O)cc1. The predicted octanol–water partition coefficient (Wildman–Crippen LogP) is 3.53. The summed E-state index contributed by atoms with van der Waals surface area (Å²) < 4.78 is 5.23. The van der Waals surface area contributed by atoms with Gasteiger partial charge in [-0.1, -0.05) is 41.4 Å². The Morgan fingerprint density at radius 3 is 2.20 bits per heavy atom. The number of imide groups is 1. The molecule has 0 aliphatic carbocycles. The highest BCUT2D eigenvalue weighted by Gasteiger charge is 2.43. The van der Waals surface area contributed by atoms with E-state index >= 15 is 0 Å². The minimum Gasteiger partial charge on any atom is -0.497 e. The van der Waals surface area contributed by atoms with Gasteiger partial charge in [-0.25, -0.2) is 4.90 Å². The number of methoxy groups -OCH3 is 1. The number of carbonyl (C=O) groups excluding carboxylic acids is 2. The standard InChI is InChI=1S/C22H21Cl2N3O3/c1-25-10-12-26(13-11-25)20-18(14-6-8-15(30-2)9-7-14)21(28)27(22(20)29)17-5-3-4-16(23)19(17)24/h3-9H,10-13H2,1-2H3. The average Bonchev–Trinajstić information content (AvgIpc) is 3.01. The van der Waals surface area contributed by atoms with E-state index in [1.165, 1.54) is 0 Å². The van der Waals surface area contributed by atoms with E-state index in [1.54, 1.807) is 49.6 Å². The van der Waals surface area contributed by atoms with Gasteiger partial charge in [0, 0.05) is 26.2 Å². The van der Waals surface area contributed by atoms with Crippen molar-refractivity contribution in [2.45, 2.75) is 0 Å². The van der Waals surface area contributed by atoms with Crippen molar-refractivity contribution in [1.29, 1.82) is 0 Å². The molecule has 0 N–H and O–H groups in total. The van der Waals surface area contributed by atoms with Crippen LogP contribution < -0.4 is 9.64 Å². The summed E-state index contributed by atoms with van der Waals surface area (Å²) in [7, 11) is 3.62. The third kappa shape index (κ3) is 3.55. The Hall–Kier alpha value is -2.54. The molecule has 4 rings (SSSR count). The number of rotatable bonds is 4. The molecule has 2 aliphatic rings. The van der Waals surface area contributed by atoms with E-state index in [2.05, 4.69) is 4.90 Å². The molecule has 30 heavy (non-hydrogen) atoms. The molecule has 2 aromatic rings. The maximum atomic E-state index is 13.5. The van der Waals surface area contributed by atoms with Gasteiger partial charge in [-0.05, 0) is 36.9 Å². The van der Waals surface area contributed by atoms with Crippen LogP contribution in [0.5, 0.6) is 5.75 Å². The van der Waals surface area contributed by atoms with Crippen LogP contribution >= 0.6 is 23.2 Å². The lowest BCUT2D eigenvalue weighted by Crippen LogP contribution is -2.46. The number of ether oxygens (including phenoxy) is 1. The number of nitrogens with zero attached hydrogens (tertiary/aromatic N) is 3. The number of anilines is 1. The highest BCUT2D eigenvalue weighted by Crippen LogP contribution is 2.40. The molecule has 156 valence electrons. The molecule has 8 heteroatoms. The second-order valence-corrected chi connectivity index (χ2v) is 8.05. The molecule has 1 fully saturated rings. The quantitative estimate of drug-likeness (QED) is 0.673. The van der Waals surface area contributed by atoms with E-state index in [1.807, 2.05) is 11.9 Å². The Morgan fingerprint density at radius 2 is 1.57 bits per heavy atom. The maximum Gasteiger partial charge on any atom is 0.282 e. The molecule has 1 saturated heterocycles. The summed E-state index contributed by atoms with van der Waals surface area (Å²) in [5.74, 6) is -0.130. The van der Waals surface area contributed by atoms with Crippen LogP contribution in [0, 0.1) is 0 Å². The van der Waals surface area contributed by atoms with Crippen LogP contribution in [0.1, 0.15) is 5.56 Å². The number of likely N-dealkylation sites (N-methyl/N-ethyl adjacent to an activating group) is 1. The highest BCUT2D eigenvalue weighted by atomic mass is 35.5. The highest BCUT2D eigenvalue weighted by molar-refractivity contribution is 6.49. The first kappa shape index (κ1) is 20.7. The molecule has 2 heterocycles. The van der Waals surface area contributed by atoms with Crippen LogP contribution in [0.2, 0.25) is 10.0 Å². The second kappa shape index (κ2) is 8.30. The van der Waals surface area contributed by atoms with Gasteiger partial charge in [0.2, 0.25) is 0 Å². The second-order valence-electron chi connectivity index (χ2n) is 7.26. The Morgan fingerprint density at radius 1 is 0.900 bits per heavy atom. The van der Waals surface area contributed by atoms with Crippen LogP contribution in [0.15, 0.2) is 48.2 Å². The first-order chi connectivity index (χ1) is 14.4. The van der Waals surface area contributed by atoms with E-state index in [0.717, 1.165) is 18.0 Å². The van der Waals surface area contributed by atoms with Gasteiger partial charge in [0.05, 0.1) is 28.4 Å². The fourth-order valence-corrected chi connectivity index (χ4v) is 4.12. The topological polar surface area (TPSA) is 53.1 Å². The molecule has 0 radical (unpaired) electrons. The van der Waals surface area contributed by atoms with Crippen molar-refractivity contribution in [3.63, 3.8) is 0 Å². The van der Waals surface area contributed by atoms with E-state index in [-0.39, 0.29) is 21.6 Å². The monoisotopic (exact) mass is 445 g/mol. The van der Waals surface area contributed by atoms with Crippen molar-refractivity contribution in [3.8, 4) is 5.75 Å². The number of hydrogen-bond acceptors (Lipinski definition) is 5. The number of hydrogen-bond donors (Lipinski definition) is 0. The number of benzene rings is 2. The summed E-state index contributed by atoms with van der Waals surface area (Å²) in [5.41, 5.74) is 1.70. The van der Waals surface area contributed by atoms with Gasteiger partial charge in [-0.15, -0.1) is 0 Å². The number of carbonyl (C=O) groups is 2.